The van der Waals surface area contributed by atoms with E-state index in [1.54, 1.807) is 23.5 Å². The summed E-state index contributed by atoms with van der Waals surface area (Å²) in [4.78, 5) is 53.2. The Morgan fingerprint density at radius 2 is 1.18 bits per heavy atom. The highest BCUT2D eigenvalue weighted by atomic mass is 32.1. The fourth-order valence-electron chi connectivity index (χ4n) is 6.33. The van der Waals surface area contributed by atoms with Crippen molar-refractivity contribution in [3.63, 3.8) is 0 Å². The lowest BCUT2D eigenvalue weighted by atomic mass is 9.98. The average Bonchev–Trinajstić information content (AvgIpc) is 3.62. The van der Waals surface area contributed by atoms with E-state index in [0.717, 1.165) is 43.5 Å². The van der Waals surface area contributed by atoms with Gasteiger partial charge in [-0.25, -0.2) is 4.79 Å². The number of hydrogen-bond donors (Lipinski definition) is 6. The SMILES string of the molecule is N[C@@H](Cc1ccc(C(=O)O)cc1)[C@H](S)C(=O)N[C@@H](Cc1ccc(-c2ccccc2)cc1)C(=O)N[C@@H](Cc1csc2ccccc12)C(=O)NCc1ccccc1. The fraction of sp³-hybridized carbons (Fsp3) is 0.182. The van der Waals surface area contributed by atoms with Gasteiger partial charge in [-0.3, -0.25) is 14.4 Å². The second-order valence-corrected chi connectivity index (χ2v) is 14.8. The highest BCUT2D eigenvalue weighted by Crippen LogP contribution is 2.27. The number of carbonyl (C=O) groups excluding carboxylic acids is 3. The van der Waals surface area contributed by atoms with Crippen LogP contribution in [0.25, 0.3) is 21.2 Å². The monoisotopic (exact) mass is 770 g/mol. The van der Waals surface area contributed by atoms with Gasteiger partial charge >= 0.3 is 5.97 Å². The number of nitrogens with one attached hydrogen (secondary N) is 3. The third-order valence-corrected chi connectivity index (χ3v) is 11.0. The molecule has 0 aliphatic rings. The fourth-order valence-corrected chi connectivity index (χ4v) is 7.48. The first-order valence-electron chi connectivity index (χ1n) is 17.9. The van der Waals surface area contributed by atoms with Gasteiger partial charge in [0.15, 0.2) is 0 Å². The zero-order valence-corrected chi connectivity index (χ0v) is 31.6. The lowest BCUT2D eigenvalue weighted by Crippen LogP contribution is -2.57. The molecule has 9 nitrogen and oxygen atoms in total. The van der Waals surface area contributed by atoms with Crippen molar-refractivity contribution in [2.45, 2.75) is 49.2 Å². The van der Waals surface area contributed by atoms with Crippen LogP contribution in [-0.2, 0) is 40.2 Å². The first kappa shape index (κ1) is 39.0. The van der Waals surface area contributed by atoms with E-state index in [-0.39, 0.29) is 37.3 Å². The summed E-state index contributed by atoms with van der Waals surface area (Å²) in [6.45, 7) is 0.280. The topological polar surface area (TPSA) is 151 Å². The highest BCUT2D eigenvalue weighted by molar-refractivity contribution is 7.81. The van der Waals surface area contributed by atoms with Crippen LogP contribution in [0.4, 0.5) is 0 Å². The van der Waals surface area contributed by atoms with E-state index in [0.29, 0.717) is 0 Å². The summed E-state index contributed by atoms with van der Waals surface area (Å²) in [6, 6.07) is 38.6. The molecule has 0 aliphatic carbocycles. The Kier molecular flexibility index (Phi) is 13.1. The maximum atomic E-state index is 14.3. The van der Waals surface area contributed by atoms with Crippen LogP contribution >= 0.6 is 24.0 Å². The smallest absolute Gasteiger partial charge is 0.335 e. The van der Waals surface area contributed by atoms with E-state index in [2.05, 4.69) is 28.6 Å². The van der Waals surface area contributed by atoms with Gasteiger partial charge in [-0.2, -0.15) is 12.6 Å². The molecule has 1 heterocycles. The zero-order valence-electron chi connectivity index (χ0n) is 29.9. The maximum Gasteiger partial charge on any atom is 0.335 e. The first-order valence-corrected chi connectivity index (χ1v) is 19.3. The quantitative estimate of drug-likeness (QED) is 0.0645. The van der Waals surface area contributed by atoms with Gasteiger partial charge in [0.05, 0.1) is 10.8 Å². The Morgan fingerprint density at radius 1 is 0.618 bits per heavy atom. The molecule has 6 aromatic rings. The Balaban J connectivity index is 1.23. The summed E-state index contributed by atoms with van der Waals surface area (Å²) in [5, 5.41) is 20.1. The summed E-state index contributed by atoms with van der Waals surface area (Å²) in [7, 11) is 0. The molecule has 1 aromatic heterocycles. The minimum absolute atomic E-state index is 0.138. The van der Waals surface area contributed by atoms with Crippen LogP contribution in [0.5, 0.6) is 0 Å². The number of amides is 3. The van der Waals surface area contributed by atoms with Crippen molar-refractivity contribution in [2.24, 2.45) is 5.73 Å². The van der Waals surface area contributed by atoms with Crippen molar-refractivity contribution in [1.29, 1.82) is 0 Å². The molecule has 4 atom stereocenters. The Morgan fingerprint density at radius 3 is 1.87 bits per heavy atom. The predicted molar refractivity (Wildman–Crippen MR) is 221 cm³/mol. The third-order valence-electron chi connectivity index (χ3n) is 9.41. The van der Waals surface area contributed by atoms with Crippen LogP contribution in [0.3, 0.4) is 0 Å². The van der Waals surface area contributed by atoms with Crippen molar-refractivity contribution < 1.29 is 24.3 Å². The minimum atomic E-state index is -1.07. The van der Waals surface area contributed by atoms with Crippen molar-refractivity contribution in [3.8, 4) is 11.1 Å². The molecule has 0 saturated heterocycles. The van der Waals surface area contributed by atoms with Gasteiger partial charge in [0.1, 0.15) is 12.1 Å². The lowest BCUT2D eigenvalue weighted by molar-refractivity contribution is -0.132. The minimum Gasteiger partial charge on any atom is -0.478 e. The van der Waals surface area contributed by atoms with Crippen molar-refractivity contribution in [1.82, 2.24) is 16.0 Å². The van der Waals surface area contributed by atoms with Gasteiger partial charge in [-0.1, -0.05) is 115 Å². The van der Waals surface area contributed by atoms with Crippen LogP contribution in [0.15, 0.2) is 139 Å². The lowest BCUT2D eigenvalue weighted by Gasteiger charge is -2.26. The van der Waals surface area contributed by atoms with Gasteiger partial charge in [0.2, 0.25) is 17.7 Å². The van der Waals surface area contributed by atoms with Gasteiger partial charge in [0.25, 0.3) is 0 Å². The second-order valence-electron chi connectivity index (χ2n) is 13.4. The number of carboxylic acids is 1. The predicted octanol–water partition coefficient (Wildman–Crippen LogP) is 6.21. The summed E-state index contributed by atoms with van der Waals surface area (Å²) in [5.41, 5.74) is 12.0. The summed E-state index contributed by atoms with van der Waals surface area (Å²) in [5.74, 6) is -2.47. The zero-order chi connectivity index (χ0) is 38.7. The molecule has 0 spiro atoms. The Bertz CT molecular complexity index is 2230. The molecular formula is C44H42N4O5S2. The average molecular weight is 771 g/mol. The number of rotatable bonds is 16. The van der Waals surface area contributed by atoms with Crippen LogP contribution in [-0.4, -0.2) is 52.2 Å². The molecule has 280 valence electrons. The van der Waals surface area contributed by atoms with Crippen LogP contribution < -0.4 is 21.7 Å². The molecule has 6 N–H and O–H groups in total. The standard InChI is InChI=1S/C44H42N4O5S2/c45-36(23-28-17-21-33(22-18-28)44(52)53)40(54)43(51)48-37(24-29-15-19-32(20-16-29)31-11-5-2-6-12-31)42(50)47-38(41(49)46-26-30-9-3-1-4-10-30)25-34-27-55-39-14-8-7-13-35(34)39/h1-22,27,36-38,40,54H,23-26,45H2,(H,46,49)(H,47,50)(H,48,51)(H,52,53)/t36-,37-,38-,40-/m0/s1. The van der Waals surface area contributed by atoms with Crippen molar-refractivity contribution in [3.05, 3.63) is 167 Å². The molecule has 0 unspecified atom stereocenters. The Hall–Kier alpha value is -5.75. The molecule has 0 bridgehead atoms. The highest BCUT2D eigenvalue weighted by Gasteiger charge is 2.31. The number of hydrogen-bond acceptors (Lipinski definition) is 7. The molecule has 0 saturated carbocycles. The van der Waals surface area contributed by atoms with Gasteiger partial charge in [-0.15, -0.1) is 11.3 Å². The van der Waals surface area contributed by atoms with Crippen LogP contribution in [0, 0.1) is 0 Å². The number of benzene rings is 5. The summed E-state index contributed by atoms with van der Waals surface area (Å²) < 4.78 is 1.07. The Labute approximate surface area is 329 Å². The molecule has 11 heteroatoms. The molecule has 0 radical (unpaired) electrons. The molecule has 0 aliphatic heterocycles. The van der Waals surface area contributed by atoms with Gasteiger partial charge < -0.3 is 26.8 Å². The first-order chi connectivity index (χ1) is 26.6. The van der Waals surface area contributed by atoms with Crippen molar-refractivity contribution >= 4 is 57.7 Å². The number of thiophene rings is 1. The molecule has 55 heavy (non-hydrogen) atoms. The van der Waals surface area contributed by atoms with Crippen molar-refractivity contribution in [2.75, 3.05) is 0 Å². The number of carbonyl (C=O) groups is 4. The molecular weight excluding hydrogens is 729 g/mol. The van der Waals surface area contributed by atoms with E-state index >= 15 is 0 Å². The number of fused-ring (bicyclic) bond motifs is 1. The van der Waals surface area contributed by atoms with E-state index < -0.39 is 41.2 Å². The summed E-state index contributed by atoms with van der Waals surface area (Å²) in [6.07, 6.45) is 0.625. The van der Waals surface area contributed by atoms with E-state index in [1.807, 2.05) is 115 Å². The molecule has 6 rings (SSSR count). The van der Waals surface area contributed by atoms with Crippen LogP contribution in [0.1, 0.15) is 32.6 Å². The van der Waals surface area contributed by atoms with E-state index in [9.17, 15) is 24.3 Å². The number of thiol groups is 1. The molecule has 5 aromatic carbocycles. The molecule has 3 amide bonds. The largest absolute Gasteiger partial charge is 0.478 e. The summed E-state index contributed by atoms with van der Waals surface area (Å²) >= 11 is 6.13. The maximum absolute atomic E-state index is 14.3. The van der Waals surface area contributed by atoms with Gasteiger partial charge in [0, 0.05) is 30.1 Å². The number of aromatic carboxylic acids is 1. The number of nitrogens with two attached hydrogens (primary N) is 1. The van der Waals surface area contributed by atoms with Gasteiger partial charge in [-0.05, 0) is 68.8 Å². The van der Waals surface area contributed by atoms with E-state index in [1.165, 1.54) is 12.1 Å². The molecule has 0 fully saturated rings. The second kappa shape index (κ2) is 18.5. The number of carboxylic acid groups (broad SMARTS) is 1. The van der Waals surface area contributed by atoms with E-state index in [4.69, 9.17) is 5.73 Å². The van der Waals surface area contributed by atoms with Crippen LogP contribution in [0.2, 0.25) is 0 Å². The third kappa shape index (κ3) is 10.5. The normalized spacial score (nSPS) is 13.3.